The van der Waals surface area contributed by atoms with Crippen molar-refractivity contribution in [2.75, 3.05) is 19.6 Å². The van der Waals surface area contributed by atoms with Crippen LogP contribution in [0.4, 0.5) is 4.79 Å². The number of terminal acetylenes is 1. The minimum atomic E-state index is -1.17. The number of carbonyl (C=O) groups is 7. The van der Waals surface area contributed by atoms with Crippen LogP contribution in [0.15, 0.2) is 12.7 Å². The Morgan fingerprint density at radius 3 is 2.20 bits per heavy atom. The molecule has 4 N–H and O–H groups in total. The van der Waals surface area contributed by atoms with Gasteiger partial charge in [-0.3, -0.25) is 33.7 Å². The van der Waals surface area contributed by atoms with E-state index in [1.807, 2.05) is 34.6 Å². The van der Waals surface area contributed by atoms with Crippen molar-refractivity contribution in [1.29, 1.82) is 0 Å². The fourth-order valence-electron chi connectivity index (χ4n) is 6.98. The van der Waals surface area contributed by atoms with Gasteiger partial charge in [0.2, 0.25) is 29.4 Å². The monoisotopic (exact) mass is 696 g/mol. The van der Waals surface area contributed by atoms with Crippen LogP contribution in [0.2, 0.25) is 0 Å². The first-order chi connectivity index (χ1) is 23.5. The van der Waals surface area contributed by atoms with Gasteiger partial charge in [0, 0.05) is 38.9 Å². The van der Waals surface area contributed by atoms with Crippen molar-refractivity contribution >= 4 is 41.4 Å². The van der Waals surface area contributed by atoms with Crippen molar-refractivity contribution in [1.82, 2.24) is 31.1 Å². The minimum Gasteiger partial charge on any atom is -0.346 e. The van der Waals surface area contributed by atoms with Gasteiger partial charge in [0.25, 0.3) is 5.91 Å². The Kier molecular flexibility index (Phi) is 14.2. The summed E-state index contributed by atoms with van der Waals surface area (Å²) < 4.78 is 0. The molecule has 2 heterocycles. The summed E-state index contributed by atoms with van der Waals surface area (Å²) in [5, 5.41) is 11.0. The zero-order chi connectivity index (χ0) is 37.2. The Labute approximate surface area is 296 Å². The smallest absolute Gasteiger partial charge is 0.315 e. The van der Waals surface area contributed by atoms with Gasteiger partial charge in [-0.1, -0.05) is 60.0 Å². The summed E-state index contributed by atoms with van der Waals surface area (Å²) in [5.41, 5.74) is -0.966. The molecule has 3 aliphatic rings. The summed E-state index contributed by atoms with van der Waals surface area (Å²) in [4.78, 5) is 95.5. The average molecular weight is 697 g/mol. The predicted molar refractivity (Wildman–Crippen MR) is 188 cm³/mol. The largest absolute Gasteiger partial charge is 0.346 e. The van der Waals surface area contributed by atoms with E-state index < -0.39 is 64.5 Å². The number of hydrogen-bond acceptors (Lipinski definition) is 7. The highest BCUT2D eigenvalue weighted by molar-refractivity contribution is 6.38. The molecule has 0 aromatic carbocycles. The van der Waals surface area contributed by atoms with E-state index >= 15 is 0 Å². The summed E-state index contributed by atoms with van der Waals surface area (Å²) >= 11 is 0. The first-order valence-electron chi connectivity index (χ1n) is 17.9. The number of carbonyl (C=O) groups excluding carboxylic acids is 7. The number of imide groups is 1. The van der Waals surface area contributed by atoms with Crippen LogP contribution < -0.4 is 21.3 Å². The molecule has 4 atom stereocenters. The van der Waals surface area contributed by atoms with E-state index in [1.54, 1.807) is 0 Å². The van der Waals surface area contributed by atoms with Crippen LogP contribution in [0.3, 0.4) is 0 Å². The van der Waals surface area contributed by atoms with Gasteiger partial charge in [0.15, 0.2) is 0 Å². The second-order valence-corrected chi connectivity index (χ2v) is 15.7. The molecule has 0 aromatic rings. The molecule has 0 aromatic heterocycles. The summed E-state index contributed by atoms with van der Waals surface area (Å²) in [6, 6.07) is -4.20. The lowest BCUT2D eigenvalue weighted by molar-refractivity contribution is -0.153. The molecule has 1 saturated carbocycles. The predicted octanol–water partition coefficient (Wildman–Crippen LogP) is 2.58. The molecule has 13 heteroatoms. The number of hydrogen-bond donors (Lipinski definition) is 4. The molecule has 276 valence electrons. The number of urea groups is 1. The van der Waals surface area contributed by atoms with Crippen molar-refractivity contribution < 1.29 is 33.6 Å². The van der Waals surface area contributed by atoms with Gasteiger partial charge in [0.1, 0.15) is 12.1 Å². The van der Waals surface area contributed by atoms with Gasteiger partial charge in [-0.15, -0.1) is 18.9 Å². The van der Waals surface area contributed by atoms with E-state index in [2.05, 4.69) is 33.8 Å². The standard InChI is InChI=1S/C37H56N6O7/c1-8-10-17-25(31(46)33(48)38-19-9-2)39-32(47)26-18-14-20-42(26)34(49)30(24-15-12-11-13-16-24)41-35(50)40-27(36(3,4)5)23-43-28(44)21-37(6,7)22-29(43)45/h1,9,24-27,30H,2,10-23H2,3-7H3,(H,38,48)(H,39,47)(H2,40,41,50)/t25?,26-,27+,30-/m0/s1. The lowest BCUT2D eigenvalue weighted by Gasteiger charge is -2.40. The second kappa shape index (κ2) is 17.6. The van der Waals surface area contributed by atoms with Crippen LogP contribution in [0.25, 0.3) is 0 Å². The second-order valence-electron chi connectivity index (χ2n) is 15.7. The molecule has 13 nitrogen and oxygen atoms in total. The van der Waals surface area contributed by atoms with Gasteiger partial charge >= 0.3 is 6.03 Å². The number of nitrogens with zero attached hydrogens (tertiary/aromatic N) is 2. The molecule has 0 bridgehead atoms. The molecule has 1 aliphatic carbocycles. The maximum Gasteiger partial charge on any atom is 0.315 e. The molecule has 50 heavy (non-hydrogen) atoms. The summed E-state index contributed by atoms with van der Waals surface area (Å²) in [6.45, 7) is 13.4. The van der Waals surface area contributed by atoms with Gasteiger partial charge < -0.3 is 26.2 Å². The van der Waals surface area contributed by atoms with E-state index in [9.17, 15) is 33.6 Å². The Morgan fingerprint density at radius 2 is 1.62 bits per heavy atom. The lowest BCUT2D eigenvalue weighted by atomic mass is 9.80. The Morgan fingerprint density at radius 1 is 0.980 bits per heavy atom. The molecule has 3 fully saturated rings. The van der Waals surface area contributed by atoms with Gasteiger partial charge in [0.05, 0.1) is 12.1 Å². The van der Waals surface area contributed by atoms with Crippen molar-refractivity contribution in [3.8, 4) is 12.3 Å². The Balaban J connectivity index is 1.78. The number of rotatable bonds is 14. The van der Waals surface area contributed by atoms with Crippen LogP contribution >= 0.6 is 0 Å². The van der Waals surface area contributed by atoms with Gasteiger partial charge in [-0.2, -0.15) is 0 Å². The highest BCUT2D eigenvalue weighted by Crippen LogP contribution is 2.33. The normalized spacial score (nSPS) is 21.3. The highest BCUT2D eigenvalue weighted by Gasteiger charge is 2.43. The van der Waals surface area contributed by atoms with Crippen LogP contribution in [-0.4, -0.2) is 95.0 Å². The van der Waals surface area contributed by atoms with E-state index in [4.69, 9.17) is 6.42 Å². The zero-order valence-electron chi connectivity index (χ0n) is 30.4. The Bertz CT molecular complexity index is 1340. The molecular weight excluding hydrogens is 640 g/mol. The summed E-state index contributed by atoms with van der Waals surface area (Å²) in [7, 11) is 0. The fraction of sp³-hybridized carbons (Fsp3) is 0.703. The highest BCUT2D eigenvalue weighted by atomic mass is 16.2. The summed E-state index contributed by atoms with van der Waals surface area (Å²) in [6.07, 6.45) is 12.6. The van der Waals surface area contributed by atoms with Crippen molar-refractivity contribution in [2.24, 2.45) is 16.7 Å². The van der Waals surface area contributed by atoms with Crippen molar-refractivity contribution in [3.05, 3.63) is 12.7 Å². The molecule has 7 amide bonds. The quantitative estimate of drug-likeness (QED) is 0.0935. The Hall–Kier alpha value is -4.21. The number of ketones is 1. The molecular formula is C37H56N6O7. The van der Waals surface area contributed by atoms with E-state index in [0.29, 0.717) is 12.8 Å². The van der Waals surface area contributed by atoms with E-state index in [-0.39, 0.29) is 63.0 Å². The number of Topliss-reactive ketones (excluding diaryl/α,β-unsaturated/α-hetero) is 1. The zero-order valence-corrected chi connectivity index (χ0v) is 30.4. The van der Waals surface area contributed by atoms with Gasteiger partial charge in [-0.05, 0) is 48.9 Å². The number of likely N-dealkylation sites (tertiary alicyclic amines) is 2. The first kappa shape index (κ1) is 40.2. The maximum absolute atomic E-state index is 14.3. The topological polar surface area (TPSA) is 174 Å². The van der Waals surface area contributed by atoms with E-state index in [0.717, 1.165) is 32.1 Å². The maximum atomic E-state index is 14.3. The molecule has 0 spiro atoms. The molecule has 1 unspecified atom stereocenters. The molecule has 2 saturated heterocycles. The summed E-state index contributed by atoms with van der Waals surface area (Å²) in [5.74, 6) is -0.963. The fourth-order valence-corrected chi connectivity index (χ4v) is 6.98. The third kappa shape index (κ3) is 10.9. The molecule has 2 aliphatic heterocycles. The third-order valence-electron chi connectivity index (χ3n) is 9.93. The van der Waals surface area contributed by atoms with Crippen LogP contribution in [-0.2, 0) is 28.8 Å². The SMILES string of the molecule is C#CCCC(NC(=O)[C@@H]1CCCN1C(=O)[C@@H](NC(=O)N[C@H](CN1C(=O)CC(C)(C)CC1=O)C(C)(C)C)C1CCCCC1)C(=O)C(=O)NCC=C. The van der Waals surface area contributed by atoms with Crippen LogP contribution in [0.5, 0.6) is 0 Å². The minimum absolute atomic E-state index is 0.00620. The third-order valence-corrected chi connectivity index (χ3v) is 9.93. The lowest BCUT2D eigenvalue weighted by Crippen LogP contribution is -2.61. The average Bonchev–Trinajstić information content (AvgIpc) is 3.54. The van der Waals surface area contributed by atoms with E-state index in [1.165, 1.54) is 15.9 Å². The van der Waals surface area contributed by atoms with Gasteiger partial charge in [-0.25, -0.2) is 4.79 Å². The number of nitrogens with one attached hydrogen (secondary N) is 4. The van der Waals surface area contributed by atoms with Crippen molar-refractivity contribution in [3.63, 3.8) is 0 Å². The number of piperidine rings is 1. The molecule has 0 radical (unpaired) electrons. The van der Waals surface area contributed by atoms with Crippen LogP contribution in [0.1, 0.15) is 105 Å². The van der Waals surface area contributed by atoms with Crippen LogP contribution in [0, 0.1) is 29.1 Å². The van der Waals surface area contributed by atoms with Crippen molar-refractivity contribution in [2.45, 2.75) is 129 Å². The number of amides is 7. The molecule has 3 rings (SSSR count). The first-order valence-corrected chi connectivity index (χ1v) is 17.9.